The largest absolute Gasteiger partial charge is 0.381 e. The Morgan fingerprint density at radius 2 is 2.00 bits per heavy atom. The Bertz CT molecular complexity index is 581. The van der Waals surface area contributed by atoms with Crippen LogP contribution in [0, 0.1) is 5.92 Å². The molecule has 1 atom stereocenters. The molecule has 146 valence electrons. The summed E-state index contributed by atoms with van der Waals surface area (Å²) in [5, 5.41) is 4.45. The van der Waals surface area contributed by atoms with Crippen molar-refractivity contribution >= 4 is 41.5 Å². The summed E-state index contributed by atoms with van der Waals surface area (Å²) in [6.07, 6.45) is 6.17. The van der Waals surface area contributed by atoms with E-state index in [2.05, 4.69) is 34.4 Å². The fourth-order valence-corrected chi connectivity index (χ4v) is 4.38. The van der Waals surface area contributed by atoms with Crippen LogP contribution in [0.2, 0.25) is 5.02 Å². The van der Waals surface area contributed by atoms with Crippen LogP contribution in [0.15, 0.2) is 29.3 Å². The van der Waals surface area contributed by atoms with Gasteiger partial charge in [0, 0.05) is 50.1 Å². The molecule has 0 aromatic heterocycles. The zero-order valence-corrected chi connectivity index (χ0v) is 18.9. The van der Waals surface area contributed by atoms with Gasteiger partial charge in [0.05, 0.1) is 6.61 Å². The summed E-state index contributed by atoms with van der Waals surface area (Å²) in [6, 6.07) is 8.41. The van der Waals surface area contributed by atoms with E-state index in [1.807, 2.05) is 19.2 Å². The molecule has 1 aliphatic carbocycles. The highest BCUT2D eigenvalue weighted by atomic mass is 127. The molecule has 3 rings (SSSR count). The first kappa shape index (κ1) is 21.8. The van der Waals surface area contributed by atoms with Gasteiger partial charge in [0.15, 0.2) is 5.96 Å². The van der Waals surface area contributed by atoms with Gasteiger partial charge in [0.25, 0.3) is 0 Å². The summed E-state index contributed by atoms with van der Waals surface area (Å²) in [5.41, 5.74) is 1.59. The van der Waals surface area contributed by atoms with E-state index in [0.29, 0.717) is 5.92 Å². The minimum Gasteiger partial charge on any atom is -0.381 e. The second-order valence-electron chi connectivity index (χ2n) is 7.51. The minimum atomic E-state index is 0. The van der Waals surface area contributed by atoms with Gasteiger partial charge in [0.2, 0.25) is 0 Å². The molecule has 26 heavy (non-hydrogen) atoms. The topological polar surface area (TPSA) is 36.9 Å². The van der Waals surface area contributed by atoms with Crippen LogP contribution in [0.1, 0.15) is 37.7 Å². The van der Waals surface area contributed by atoms with Gasteiger partial charge >= 0.3 is 0 Å². The Morgan fingerprint density at radius 3 is 2.58 bits per heavy atom. The predicted octanol–water partition coefficient (Wildman–Crippen LogP) is 4.31. The van der Waals surface area contributed by atoms with Gasteiger partial charge in [-0.1, -0.05) is 36.6 Å². The summed E-state index contributed by atoms with van der Waals surface area (Å²) in [7, 11) is 3.99. The van der Waals surface area contributed by atoms with Crippen LogP contribution in [0.4, 0.5) is 0 Å². The number of nitrogens with one attached hydrogen (secondary N) is 1. The molecule has 1 aromatic rings. The Balaban J connectivity index is 0.00000243. The zero-order chi connectivity index (χ0) is 17.7. The molecule has 6 heteroatoms. The number of guanidine groups is 1. The van der Waals surface area contributed by atoms with Crippen molar-refractivity contribution in [1.29, 1.82) is 0 Å². The van der Waals surface area contributed by atoms with Gasteiger partial charge < -0.3 is 15.0 Å². The molecule has 1 saturated carbocycles. The second-order valence-corrected chi connectivity index (χ2v) is 7.94. The van der Waals surface area contributed by atoms with Crippen molar-refractivity contribution in [2.75, 3.05) is 40.4 Å². The number of benzene rings is 1. The maximum atomic E-state index is 6.08. The molecular weight excluding hydrogens is 461 g/mol. The number of hydrogen-bond donors (Lipinski definition) is 1. The third-order valence-corrected chi connectivity index (χ3v) is 5.98. The molecule has 1 N–H and O–H groups in total. The Morgan fingerprint density at radius 1 is 1.31 bits per heavy atom. The third kappa shape index (κ3) is 5.26. The van der Waals surface area contributed by atoms with Crippen LogP contribution in [0.5, 0.6) is 0 Å². The monoisotopic (exact) mass is 491 g/mol. The zero-order valence-electron chi connectivity index (χ0n) is 15.8. The van der Waals surface area contributed by atoms with E-state index >= 15 is 0 Å². The molecular formula is C20H31ClIN3O. The molecule has 0 bridgehead atoms. The Kier molecular flexibility index (Phi) is 8.48. The van der Waals surface area contributed by atoms with Crippen LogP contribution >= 0.6 is 35.6 Å². The van der Waals surface area contributed by atoms with Crippen LogP contribution in [0.3, 0.4) is 0 Å². The maximum Gasteiger partial charge on any atom is 0.193 e. The molecule has 2 fully saturated rings. The van der Waals surface area contributed by atoms with Gasteiger partial charge in [-0.3, -0.25) is 4.99 Å². The molecule has 1 aliphatic heterocycles. The maximum absolute atomic E-state index is 6.08. The molecule has 0 spiro atoms. The van der Waals surface area contributed by atoms with E-state index in [-0.39, 0.29) is 29.4 Å². The summed E-state index contributed by atoms with van der Waals surface area (Å²) in [5.74, 6) is 1.59. The van der Waals surface area contributed by atoms with Crippen molar-refractivity contribution in [3.05, 3.63) is 34.9 Å². The smallest absolute Gasteiger partial charge is 0.193 e. The highest BCUT2D eigenvalue weighted by molar-refractivity contribution is 14.0. The van der Waals surface area contributed by atoms with Crippen LogP contribution in [-0.2, 0) is 10.2 Å². The molecule has 1 saturated heterocycles. The van der Waals surface area contributed by atoms with Gasteiger partial charge in [-0.25, -0.2) is 0 Å². The van der Waals surface area contributed by atoms with Gasteiger partial charge in [-0.05, 0) is 37.0 Å². The Labute approximate surface area is 179 Å². The van der Waals surface area contributed by atoms with Crippen LogP contribution in [-0.4, -0.2) is 51.3 Å². The van der Waals surface area contributed by atoms with E-state index in [1.54, 1.807) is 0 Å². The molecule has 1 unspecified atom stereocenters. The van der Waals surface area contributed by atoms with Gasteiger partial charge in [-0.15, -0.1) is 24.0 Å². The van der Waals surface area contributed by atoms with E-state index in [4.69, 9.17) is 16.3 Å². The lowest BCUT2D eigenvalue weighted by Crippen LogP contribution is -2.46. The fourth-order valence-electron chi connectivity index (χ4n) is 4.26. The summed E-state index contributed by atoms with van der Waals surface area (Å²) in [6.45, 7) is 3.68. The minimum absolute atomic E-state index is 0. The Hall–Kier alpha value is -0.530. The predicted molar refractivity (Wildman–Crippen MR) is 120 cm³/mol. The molecule has 0 radical (unpaired) electrons. The quantitative estimate of drug-likeness (QED) is 0.379. The fraction of sp³-hybridized carbons (Fsp3) is 0.650. The van der Waals surface area contributed by atoms with E-state index in [0.717, 1.165) is 43.7 Å². The SMILES string of the molecule is CN=C(NCC1(c2ccc(Cl)cc2)CCCC1)N(C)CC1CCOC1.I. The van der Waals surface area contributed by atoms with Crippen molar-refractivity contribution in [1.82, 2.24) is 10.2 Å². The van der Waals surface area contributed by atoms with Gasteiger partial charge in [0.1, 0.15) is 0 Å². The van der Waals surface area contributed by atoms with Crippen LogP contribution in [0.25, 0.3) is 0 Å². The van der Waals surface area contributed by atoms with Crippen molar-refractivity contribution < 1.29 is 4.74 Å². The lowest BCUT2D eigenvalue weighted by molar-refractivity contribution is 0.181. The first-order valence-corrected chi connectivity index (χ1v) is 9.76. The molecule has 4 nitrogen and oxygen atoms in total. The van der Waals surface area contributed by atoms with E-state index in [9.17, 15) is 0 Å². The second kappa shape index (κ2) is 10.1. The van der Waals surface area contributed by atoms with Crippen molar-refractivity contribution in [3.8, 4) is 0 Å². The van der Waals surface area contributed by atoms with E-state index < -0.39 is 0 Å². The number of nitrogens with zero attached hydrogens (tertiary/aromatic N) is 2. The summed E-state index contributed by atoms with van der Waals surface area (Å²) >= 11 is 6.08. The average molecular weight is 492 g/mol. The number of rotatable bonds is 5. The summed E-state index contributed by atoms with van der Waals surface area (Å²) < 4.78 is 5.50. The summed E-state index contributed by atoms with van der Waals surface area (Å²) in [4.78, 5) is 6.74. The van der Waals surface area contributed by atoms with Crippen molar-refractivity contribution in [2.24, 2.45) is 10.9 Å². The van der Waals surface area contributed by atoms with Crippen LogP contribution < -0.4 is 5.32 Å². The van der Waals surface area contributed by atoms with Crippen molar-refractivity contribution in [2.45, 2.75) is 37.5 Å². The first-order valence-electron chi connectivity index (χ1n) is 9.38. The number of aliphatic imine (C=N–C) groups is 1. The number of hydrogen-bond acceptors (Lipinski definition) is 2. The lowest BCUT2D eigenvalue weighted by atomic mass is 9.79. The molecule has 1 heterocycles. The molecule has 0 amide bonds. The lowest BCUT2D eigenvalue weighted by Gasteiger charge is -2.33. The highest BCUT2D eigenvalue weighted by Crippen LogP contribution is 2.41. The van der Waals surface area contributed by atoms with Crippen molar-refractivity contribution in [3.63, 3.8) is 0 Å². The first-order chi connectivity index (χ1) is 12.1. The normalized spacial score (nSPS) is 22.1. The highest BCUT2D eigenvalue weighted by Gasteiger charge is 2.36. The number of ether oxygens (including phenoxy) is 1. The van der Waals surface area contributed by atoms with Gasteiger partial charge in [-0.2, -0.15) is 0 Å². The van der Waals surface area contributed by atoms with E-state index in [1.165, 1.54) is 31.2 Å². The third-order valence-electron chi connectivity index (χ3n) is 5.73. The number of halogens is 2. The molecule has 1 aromatic carbocycles. The molecule has 2 aliphatic rings. The average Bonchev–Trinajstić information content (AvgIpc) is 3.28. The standard InChI is InChI=1S/C20H30ClN3O.HI/c1-22-19(24(2)13-16-9-12-25-14-16)23-15-20(10-3-4-11-20)17-5-7-18(21)8-6-17;/h5-8,16H,3-4,9-15H2,1-2H3,(H,22,23);1H.